The number of nitrogens with zero attached hydrogens (tertiary/aromatic N) is 1. The third kappa shape index (κ3) is 3.61. The van der Waals surface area contributed by atoms with E-state index < -0.39 is 12.4 Å². The van der Waals surface area contributed by atoms with Crippen LogP contribution in [-0.4, -0.2) is 18.1 Å². The molecule has 3 nitrogen and oxygen atoms in total. The van der Waals surface area contributed by atoms with Gasteiger partial charge < -0.3 is 4.74 Å². The van der Waals surface area contributed by atoms with Gasteiger partial charge in [0.2, 0.25) is 0 Å². The highest BCUT2D eigenvalue weighted by Gasteiger charge is 2.18. The first-order chi connectivity index (χ1) is 7.99. The smallest absolute Gasteiger partial charge is 0.310 e. The topological polar surface area (TPSA) is 39.2 Å². The Bertz CT molecular complexity index is 429. The van der Waals surface area contributed by atoms with Crippen LogP contribution in [0.1, 0.15) is 23.2 Å². The van der Waals surface area contributed by atoms with Crippen molar-refractivity contribution in [3.05, 3.63) is 28.0 Å². The minimum atomic E-state index is -2.66. The molecule has 0 saturated heterocycles. The predicted molar refractivity (Wildman–Crippen MR) is 62.6 cm³/mol. The molecule has 1 rings (SSSR count). The monoisotopic (exact) mass is 327 g/mol. The van der Waals surface area contributed by atoms with E-state index >= 15 is 0 Å². The third-order valence-corrected chi connectivity index (χ3v) is 2.94. The maximum atomic E-state index is 12.7. The summed E-state index contributed by atoms with van der Waals surface area (Å²) in [6.07, 6.45) is -2.84. The molecule has 0 radical (unpaired) electrons. The van der Waals surface area contributed by atoms with Crippen molar-refractivity contribution in [3.63, 3.8) is 0 Å². The summed E-state index contributed by atoms with van der Waals surface area (Å²) in [5.41, 5.74) is 0.169. The van der Waals surface area contributed by atoms with Gasteiger partial charge in [0, 0.05) is 16.5 Å². The molecule has 0 aromatic carbocycles. The van der Waals surface area contributed by atoms with E-state index in [1.807, 2.05) is 0 Å². The van der Waals surface area contributed by atoms with Crippen LogP contribution in [-0.2, 0) is 21.3 Å². The van der Waals surface area contributed by atoms with Crippen molar-refractivity contribution < 1.29 is 18.3 Å². The highest BCUT2D eigenvalue weighted by atomic mass is 79.9. The highest BCUT2D eigenvalue weighted by Crippen LogP contribution is 2.28. The molecule has 94 valence electrons. The summed E-state index contributed by atoms with van der Waals surface area (Å²) in [6, 6.07) is 1.19. The van der Waals surface area contributed by atoms with Crippen LogP contribution in [0.15, 0.2) is 6.07 Å². The summed E-state index contributed by atoms with van der Waals surface area (Å²) in [6.45, 7) is 0. The third-order valence-electron chi connectivity index (χ3n) is 2.09. The van der Waals surface area contributed by atoms with Crippen molar-refractivity contribution in [1.29, 1.82) is 0 Å². The maximum absolute atomic E-state index is 12.7. The Balaban J connectivity index is 3.15. The molecule has 0 spiro atoms. The first-order valence-electron chi connectivity index (χ1n) is 4.58. The summed E-state index contributed by atoms with van der Waals surface area (Å²) in [5.74, 6) is -0.555. The lowest BCUT2D eigenvalue weighted by molar-refractivity contribution is -0.139. The van der Waals surface area contributed by atoms with Gasteiger partial charge in [-0.05, 0) is 6.07 Å². The minimum absolute atomic E-state index is 0.0363. The van der Waals surface area contributed by atoms with E-state index in [1.54, 1.807) is 0 Å². The molecule has 1 aromatic rings. The fourth-order valence-electron chi connectivity index (χ4n) is 1.23. The predicted octanol–water partition coefficient (Wildman–Crippen LogP) is 3.28. The van der Waals surface area contributed by atoms with Gasteiger partial charge in [-0.15, -0.1) is 0 Å². The van der Waals surface area contributed by atoms with Crippen molar-refractivity contribution in [3.8, 4) is 0 Å². The molecule has 0 amide bonds. The second-order valence-corrected chi connectivity index (χ2v) is 4.08. The second-order valence-electron chi connectivity index (χ2n) is 3.16. The van der Waals surface area contributed by atoms with Crippen LogP contribution in [0.25, 0.3) is 0 Å². The molecule has 0 unspecified atom stereocenters. The molecule has 0 N–H and O–H groups in total. The van der Waals surface area contributed by atoms with Gasteiger partial charge in [-0.3, -0.25) is 4.79 Å². The summed E-state index contributed by atoms with van der Waals surface area (Å²) < 4.78 is 29.9. The van der Waals surface area contributed by atoms with Crippen molar-refractivity contribution in [2.75, 3.05) is 7.11 Å². The van der Waals surface area contributed by atoms with E-state index in [2.05, 4.69) is 25.7 Å². The number of carbonyl (C=O) groups excluding carboxylic acids is 1. The summed E-state index contributed by atoms with van der Waals surface area (Å²) in [5, 5.41) is 0.208. The molecule has 1 aromatic heterocycles. The maximum Gasteiger partial charge on any atom is 0.310 e. The first-order valence-corrected chi connectivity index (χ1v) is 6.08. The standard InChI is InChI=1S/C10H9BrClF2NO2/c1-17-8(16)3-5-2-6(10(13)14)7(4-11)15-9(5)12/h2,10H,3-4H2,1H3. The molecule has 0 saturated carbocycles. The Morgan fingerprint density at radius 1 is 1.65 bits per heavy atom. The molecule has 0 atom stereocenters. The number of rotatable bonds is 4. The van der Waals surface area contributed by atoms with Gasteiger partial charge in [0.15, 0.2) is 0 Å². The molecule has 0 aliphatic rings. The molecule has 1 heterocycles. The molecule has 0 aliphatic carbocycles. The Hall–Kier alpha value is -0.750. The van der Waals surface area contributed by atoms with Gasteiger partial charge in [-0.25, -0.2) is 13.8 Å². The molecule has 0 bridgehead atoms. The minimum Gasteiger partial charge on any atom is -0.469 e. The van der Waals surface area contributed by atoms with Crippen molar-refractivity contribution in [2.45, 2.75) is 18.2 Å². The normalized spacial score (nSPS) is 10.7. The van der Waals surface area contributed by atoms with E-state index in [0.717, 1.165) is 0 Å². The average Bonchev–Trinajstić information content (AvgIpc) is 2.30. The number of aromatic nitrogens is 1. The van der Waals surface area contributed by atoms with Gasteiger partial charge in [0.05, 0.1) is 19.2 Å². The number of carbonyl (C=O) groups is 1. The number of halogens is 4. The van der Waals surface area contributed by atoms with E-state index in [4.69, 9.17) is 11.6 Å². The SMILES string of the molecule is COC(=O)Cc1cc(C(F)F)c(CBr)nc1Cl. The van der Waals surface area contributed by atoms with Gasteiger partial charge in [-0.1, -0.05) is 27.5 Å². The van der Waals surface area contributed by atoms with E-state index in [0.29, 0.717) is 0 Å². The fraction of sp³-hybridized carbons (Fsp3) is 0.400. The van der Waals surface area contributed by atoms with E-state index in [-0.39, 0.29) is 33.7 Å². The highest BCUT2D eigenvalue weighted by molar-refractivity contribution is 9.08. The number of pyridine rings is 1. The Morgan fingerprint density at radius 3 is 2.76 bits per heavy atom. The zero-order valence-corrected chi connectivity index (χ0v) is 11.2. The van der Waals surface area contributed by atoms with Crippen molar-refractivity contribution in [1.82, 2.24) is 4.98 Å². The average molecular weight is 329 g/mol. The summed E-state index contributed by atoms with van der Waals surface area (Å²) in [4.78, 5) is 14.9. The van der Waals surface area contributed by atoms with Crippen molar-refractivity contribution in [2.24, 2.45) is 0 Å². The van der Waals surface area contributed by atoms with Crippen LogP contribution in [0.3, 0.4) is 0 Å². The first kappa shape index (κ1) is 14.3. The quantitative estimate of drug-likeness (QED) is 0.484. The number of hydrogen-bond donors (Lipinski definition) is 0. The fourth-order valence-corrected chi connectivity index (χ4v) is 1.91. The lowest BCUT2D eigenvalue weighted by atomic mass is 10.1. The van der Waals surface area contributed by atoms with Crippen LogP contribution in [0, 0.1) is 0 Å². The van der Waals surface area contributed by atoms with Gasteiger partial charge >= 0.3 is 5.97 Å². The Labute approximate surface area is 110 Å². The second kappa shape index (κ2) is 6.26. The number of ether oxygens (including phenoxy) is 1. The van der Waals surface area contributed by atoms with E-state index in [1.165, 1.54) is 13.2 Å². The summed E-state index contributed by atoms with van der Waals surface area (Å²) >= 11 is 8.86. The Morgan fingerprint density at radius 2 is 2.29 bits per heavy atom. The van der Waals surface area contributed by atoms with Crippen LogP contribution in [0.4, 0.5) is 8.78 Å². The van der Waals surface area contributed by atoms with Gasteiger partial charge in [0.25, 0.3) is 6.43 Å². The van der Waals surface area contributed by atoms with Crippen LogP contribution >= 0.6 is 27.5 Å². The number of hydrogen-bond acceptors (Lipinski definition) is 3. The molecule has 0 aliphatic heterocycles. The number of esters is 1. The largest absolute Gasteiger partial charge is 0.469 e. The molecular formula is C10H9BrClF2NO2. The van der Waals surface area contributed by atoms with Crippen LogP contribution < -0.4 is 0 Å². The Kier molecular flexibility index (Phi) is 5.27. The zero-order chi connectivity index (χ0) is 13.0. The molecule has 17 heavy (non-hydrogen) atoms. The lowest BCUT2D eigenvalue weighted by Crippen LogP contribution is -2.08. The van der Waals surface area contributed by atoms with Crippen LogP contribution in [0.5, 0.6) is 0 Å². The molecule has 7 heteroatoms. The van der Waals surface area contributed by atoms with Gasteiger partial charge in [0.1, 0.15) is 5.15 Å². The molecular weight excluding hydrogens is 319 g/mol. The number of alkyl halides is 3. The zero-order valence-electron chi connectivity index (χ0n) is 8.84. The lowest BCUT2D eigenvalue weighted by Gasteiger charge is -2.10. The van der Waals surface area contributed by atoms with E-state index in [9.17, 15) is 13.6 Å². The molecule has 0 fully saturated rings. The van der Waals surface area contributed by atoms with Crippen molar-refractivity contribution >= 4 is 33.5 Å². The van der Waals surface area contributed by atoms with Crippen LogP contribution in [0.2, 0.25) is 5.15 Å². The van der Waals surface area contributed by atoms with Gasteiger partial charge in [-0.2, -0.15) is 0 Å². The number of methoxy groups -OCH3 is 1. The summed E-state index contributed by atoms with van der Waals surface area (Å²) in [7, 11) is 1.21.